The SMILES string of the molecule is CO[Si](OC)(OC)C(CCN)=C1CCCCC1. The van der Waals surface area contributed by atoms with Crippen molar-refractivity contribution in [3.8, 4) is 0 Å². The van der Waals surface area contributed by atoms with E-state index in [0.717, 1.165) is 19.3 Å². The van der Waals surface area contributed by atoms with Crippen LogP contribution in [-0.4, -0.2) is 36.7 Å². The van der Waals surface area contributed by atoms with Crippen molar-refractivity contribution < 1.29 is 13.3 Å². The molecule has 5 heteroatoms. The van der Waals surface area contributed by atoms with Crippen LogP contribution >= 0.6 is 0 Å². The maximum Gasteiger partial charge on any atom is 0.532 e. The molecule has 0 spiro atoms. The Morgan fingerprint density at radius 2 is 1.59 bits per heavy atom. The van der Waals surface area contributed by atoms with Gasteiger partial charge >= 0.3 is 8.80 Å². The zero-order valence-corrected chi connectivity index (χ0v) is 12.3. The molecule has 0 heterocycles. The maximum absolute atomic E-state index is 5.72. The lowest BCUT2D eigenvalue weighted by Crippen LogP contribution is -2.46. The quantitative estimate of drug-likeness (QED) is 0.741. The lowest BCUT2D eigenvalue weighted by Gasteiger charge is -2.30. The minimum atomic E-state index is -2.66. The molecular formula is C12H25NO3Si. The van der Waals surface area contributed by atoms with E-state index in [4.69, 9.17) is 19.0 Å². The van der Waals surface area contributed by atoms with E-state index in [1.807, 2.05) is 0 Å². The van der Waals surface area contributed by atoms with Crippen molar-refractivity contribution in [3.63, 3.8) is 0 Å². The first kappa shape index (κ1) is 14.9. The molecule has 0 bridgehead atoms. The standard InChI is InChI=1S/C12H25NO3Si/c1-14-17(15-2,16-3)12(9-10-13)11-7-5-4-6-8-11/h4-10,13H2,1-3H3. The van der Waals surface area contributed by atoms with E-state index < -0.39 is 8.80 Å². The first-order valence-corrected chi connectivity index (χ1v) is 8.03. The highest BCUT2D eigenvalue weighted by molar-refractivity contribution is 6.68. The summed E-state index contributed by atoms with van der Waals surface area (Å²) in [5, 5.41) is 1.22. The molecule has 0 amide bonds. The van der Waals surface area contributed by atoms with Crippen LogP contribution in [0.3, 0.4) is 0 Å². The van der Waals surface area contributed by atoms with Gasteiger partial charge in [0.2, 0.25) is 0 Å². The zero-order chi connectivity index (χ0) is 12.7. The highest BCUT2D eigenvalue weighted by atomic mass is 28.4. The van der Waals surface area contributed by atoms with Crippen LogP contribution in [0, 0.1) is 0 Å². The highest BCUT2D eigenvalue weighted by Crippen LogP contribution is 2.32. The first-order chi connectivity index (χ1) is 8.24. The molecule has 0 aromatic heterocycles. The summed E-state index contributed by atoms with van der Waals surface area (Å²) < 4.78 is 16.8. The summed E-state index contributed by atoms with van der Waals surface area (Å²) in [6.45, 7) is 0.615. The summed E-state index contributed by atoms with van der Waals surface area (Å²) in [7, 11) is 2.34. The normalized spacial score (nSPS) is 17.3. The van der Waals surface area contributed by atoms with Crippen LogP contribution < -0.4 is 5.73 Å². The van der Waals surface area contributed by atoms with Gasteiger partial charge < -0.3 is 19.0 Å². The zero-order valence-electron chi connectivity index (χ0n) is 11.3. The molecule has 4 nitrogen and oxygen atoms in total. The monoisotopic (exact) mass is 259 g/mol. The number of rotatable bonds is 6. The van der Waals surface area contributed by atoms with Gasteiger partial charge in [0, 0.05) is 26.5 Å². The summed E-state index contributed by atoms with van der Waals surface area (Å²) in [6, 6.07) is 0. The van der Waals surface area contributed by atoms with E-state index in [2.05, 4.69) is 0 Å². The third-order valence-corrected chi connectivity index (χ3v) is 6.41. The summed E-state index contributed by atoms with van der Waals surface area (Å²) in [5.41, 5.74) is 7.18. The molecular weight excluding hydrogens is 234 g/mol. The van der Waals surface area contributed by atoms with Gasteiger partial charge in [-0.1, -0.05) is 12.0 Å². The van der Waals surface area contributed by atoms with E-state index in [1.54, 1.807) is 21.3 Å². The average Bonchev–Trinajstić information content (AvgIpc) is 2.41. The molecule has 0 radical (unpaired) electrons. The molecule has 0 unspecified atom stereocenters. The van der Waals surface area contributed by atoms with Gasteiger partial charge in [0.25, 0.3) is 0 Å². The molecule has 1 fully saturated rings. The van der Waals surface area contributed by atoms with Crippen LogP contribution in [0.5, 0.6) is 0 Å². The third kappa shape index (κ3) is 3.39. The van der Waals surface area contributed by atoms with Crippen molar-refractivity contribution in [3.05, 3.63) is 10.8 Å². The summed E-state index contributed by atoms with van der Waals surface area (Å²) >= 11 is 0. The molecule has 2 N–H and O–H groups in total. The van der Waals surface area contributed by atoms with Gasteiger partial charge in [-0.3, -0.25) is 0 Å². The molecule has 0 saturated heterocycles. The Labute approximate surface area is 105 Å². The fourth-order valence-corrected chi connectivity index (χ4v) is 4.96. The maximum atomic E-state index is 5.72. The Kier molecular flexibility index (Phi) is 6.36. The Balaban J connectivity index is 3.03. The van der Waals surface area contributed by atoms with Crippen molar-refractivity contribution in [2.24, 2.45) is 5.73 Å². The summed E-state index contributed by atoms with van der Waals surface area (Å²) in [6.07, 6.45) is 6.92. The minimum Gasteiger partial charge on any atom is -0.374 e. The van der Waals surface area contributed by atoms with E-state index in [1.165, 1.54) is 30.0 Å². The first-order valence-electron chi connectivity index (χ1n) is 6.31. The topological polar surface area (TPSA) is 53.7 Å². The lowest BCUT2D eigenvalue weighted by atomic mass is 9.94. The molecule has 0 aromatic carbocycles. The molecule has 0 aromatic rings. The van der Waals surface area contributed by atoms with E-state index in [-0.39, 0.29) is 0 Å². The molecule has 0 atom stereocenters. The van der Waals surface area contributed by atoms with Gasteiger partial charge in [-0.05, 0) is 38.6 Å². The predicted molar refractivity (Wildman–Crippen MR) is 70.6 cm³/mol. The van der Waals surface area contributed by atoms with Gasteiger partial charge in [0.05, 0.1) is 0 Å². The van der Waals surface area contributed by atoms with Gasteiger partial charge in [-0.2, -0.15) is 0 Å². The Morgan fingerprint density at radius 1 is 1.06 bits per heavy atom. The van der Waals surface area contributed by atoms with Crippen molar-refractivity contribution >= 4 is 8.80 Å². The highest BCUT2D eigenvalue weighted by Gasteiger charge is 2.44. The number of hydrogen-bond donors (Lipinski definition) is 1. The van der Waals surface area contributed by atoms with Crippen molar-refractivity contribution in [1.82, 2.24) is 0 Å². The van der Waals surface area contributed by atoms with E-state index in [9.17, 15) is 0 Å². The molecule has 17 heavy (non-hydrogen) atoms. The van der Waals surface area contributed by atoms with Crippen LogP contribution in [0.15, 0.2) is 10.8 Å². The smallest absolute Gasteiger partial charge is 0.374 e. The summed E-state index contributed by atoms with van der Waals surface area (Å²) in [4.78, 5) is 0. The predicted octanol–water partition coefficient (Wildman–Crippen LogP) is 2.01. The Hall–Kier alpha value is -0.203. The molecule has 1 rings (SSSR count). The van der Waals surface area contributed by atoms with Gasteiger partial charge in [-0.25, -0.2) is 0 Å². The van der Waals surface area contributed by atoms with Gasteiger partial charge in [0.1, 0.15) is 0 Å². The average molecular weight is 259 g/mol. The van der Waals surface area contributed by atoms with Gasteiger partial charge in [0.15, 0.2) is 0 Å². The van der Waals surface area contributed by atoms with Crippen molar-refractivity contribution in [1.29, 1.82) is 0 Å². The fourth-order valence-electron chi connectivity index (χ4n) is 2.59. The largest absolute Gasteiger partial charge is 0.532 e. The molecule has 0 aliphatic heterocycles. The Bertz CT molecular complexity index is 248. The fraction of sp³-hybridized carbons (Fsp3) is 0.833. The number of hydrogen-bond acceptors (Lipinski definition) is 4. The molecule has 1 saturated carbocycles. The van der Waals surface area contributed by atoms with Crippen LogP contribution in [-0.2, 0) is 13.3 Å². The van der Waals surface area contributed by atoms with Crippen molar-refractivity contribution in [2.45, 2.75) is 38.5 Å². The second kappa shape index (κ2) is 7.28. The minimum absolute atomic E-state index is 0.615. The number of nitrogens with two attached hydrogens (primary N) is 1. The second-order valence-electron chi connectivity index (χ2n) is 4.35. The number of allylic oxidation sites excluding steroid dienone is 1. The third-order valence-electron chi connectivity index (χ3n) is 3.45. The van der Waals surface area contributed by atoms with Crippen LogP contribution in [0.25, 0.3) is 0 Å². The lowest BCUT2D eigenvalue weighted by molar-refractivity contribution is 0.132. The van der Waals surface area contributed by atoms with E-state index >= 15 is 0 Å². The Morgan fingerprint density at radius 3 is 2.00 bits per heavy atom. The van der Waals surface area contributed by atoms with Gasteiger partial charge in [-0.15, -0.1) is 0 Å². The van der Waals surface area contributed by atoms with Crippen LogP contribution in [0.4, 0.5) is 0 Å². The van der Waals surface area contributed by atoms with Crippen molar-refractivity contribution in [2.75, 3.05) is 27.9 Å². The summed E-state index contributed by atoms with van der Waals surface area (Å²) in [5.74, 6) is 0. The second-order valence-corrected chi connectivity index (χ2v) is 7.29. The molecule has 1 aliphatic carbocycles. The molecule has 1 aliphatic rings. The molecule has 100 valence electrons. The van der Waals surface area contributed by atoms with Crippen LogP contribution in [0.2, 0.25) is 0 Å². The van der Waals surface area contributed by atoms with E-state index in [0.29, 0.717) is 6.54 Å². The van der Waals surface area contributed by atoms with Crippen LogP contribution in [0.1, 0.15) is 38.5 Å².